The standard InChI is InChI=1S/C22H23N3O6S2/c1-15-14-16(4-13-21(15)25-32(3,27)28)22(26)23-17-7-11-20(12-8-17)33(29,30)24-18-5-9-19(31-2)10-6-18/h4-14,24-25H,1-3H3,(H,23,26). The van der Waals surface area contributed by atoms with Gasteiger partial charge in [-0.1, -0.05) is 0 Å². The molecule has 3 aromatic carbocycles. The summed E-state index contributed by atoms with van der Waals surface area (Å²) < 4.78 is 57.9. The third-order valence-corrected chi connectivity index (χ3v) is 6.54. The van der Waals surface area contributed by atoms with Crippen molar-refractivity contribution in [1.29, 1.82) is 0 Å². The molecular weight excluding hydrogens is 466 g/mol. The van der Waals surface area contributed by atoms with Crippen LogP contribution in [0.3, 0.4) is 0 Å². The summed E-state index contributed by atoms with van der Waals surface area (Å²) in [4.78, 5) is 12.6. The first kappa shape index (κ1) is 24.1. The van der Waals surface area contributed by atoms with Gasteiger partial charge in [0.1, 0.15) is 5.75 Å². The zero-order valence-electron chi connectivity index (χ0n) is 18.1. The molecule has 1 amide bonds. The van der Waals surface area contributed by atoms with Gasteiger partial charge in [0.2, 0.25) is 10.0 Å². The molecule has 0 saturated carbocycles. The van der Waals surface area contributed by atoms with Gasteiger partial charge in [-0.3, -0.25) is 14.2 Å². The Morgan fingerprint density at radius 3 is 1.97 bits per heavy atom. The molecule has 3 N–H and O–H groups in total. The van der Waals surface area contributed by atoms with Gasteiger partial charge in [-0.25, -0.2) is 16.8 Å². The van der Waals surface area contributed by atoms with Crippen LogP contribution in [-0.2, 0) is 20.0 Å². The lowest BCUT2D eigenvalue weighted by Crippen LogP contribution is -2.15. The highest BCUT2D eigenvalue weighted by Crippen LogP contribution is 2.22. The summed E-state index contributed by atoms with van der Waals surface area (Å²) in [5.41, 5.74) is 2.08. The molecule has 0 saturated heterocycles. The van der Waals surface area contributed by atoms with Crippen LogP contribution in [-0.4, -0.2) is 36.1 Å². The Kier molecular flexibility index (Phi) is 6.94. The summed E-state index contributed by atoms with van der Waals surface area (Å²) in [5, 5.41) is 2.69. The Labute approximate surface area is 192 Å². The van der Waals surface area contributed by atoms with Crippen LogP contribution in [0.2, 0.25) is 0 Å². The molecule has 0 aliphatic rings. The van der Waals surface area contributed by atoms with Gasteiger partial charge in [-0.15, -0.1) is 0 Å². The molecule has 9 nitrogen and oxygen atoms in total. The van der Waals surface area contributed by atoms with Crippen molar-refractivity contribution in [2.45, 2.75) is 11.8 Å². The van der Waals surface area contributed by atoms with Crippen LogP contribution in [0.1, 0.15) is 15.9 Å². The summed E-state index contributed by atoms with van der Waals surface area (Å²) in [6.07, 6.45) is 1.05. The van der Waals surface area contributed by atoms with E-state index in [1.807, 2.05) is 0 Å². The number of rotatable bonds is 8. The van der Waals surface area contributed by atoms with E-state index in [1.165, 1.54) is 43.5 Å². The van der Waals surface area contributed by atoms with E-state index in [0.717, 1.165) is 6.26 Å². The van der Waals surface area contributed by atoms with Gasteiger partial charge >= 0.3 is 0 Å². The van der Waals surface area contributed by atoms with Crippen LogP contribution in [0, 0.1) is 6.92 Å². The van der Waals surface area contributed by atoms with Crippen LogP contribution in [0.15, 0.2) is 71.6 Å². The Hall–Kier alpha value is -3.57. The third kappa shape index (κ3) is 6.46. The fraction of sp³-hybridized carbons (Fsp3) is 0.136. The van der Waals surface area contributed by atoms with Gasteiger partial charge < -0.3 is 10.1 Å². The lowest BCUT2D eigenvalue weighted by Gasteiger charge is -2.11. The predicted molar refractivity (Wildman–Crippen MR) is 128 cm³/mol. The fourth-order valence-electron chi connectivity index (χ4n) is 2.91. The lowest BCUT2D eigenvalue weighted by atomic mass is 10.1. The molecule has 0 bridgehead atoms. The summed E-state index contributed by atoms with van der Waals surface area (Å²) in [6, 6.07) is 16.7. The highest BCUT2D eigenvalue weighted by Gasteiger charge is 2.15. The summed E-state index contributed by atoms with van der Waals surface area (Å²) in [7, 11) is -5.73. The van der Waals surface area contributed by atoms with Gasteiger partial charge in [0.15, 0.2) is 0 Å². The highest BCUT2D eigenvalue weighted by atomic mass is 32.2. The van der Waals surface area contributed by atoms with Crippen molar-refractivity contribution in [3.8, 4) is 5.75 Å². The molecule has 0 radical (unpaired) electrons. The second-order valence-electron chi connectivity index (χ2n) is 7.22. The second-order valence-corrected chi connectivity index (χ2v) is 10.6. The lowest BCUT2D eigenvalue weighted by molar-refractivity contribution is 0.102. The molecule has 0 unspecified atom stereocenters. The first-order valence-corrected chi connectivity index (χ1v) is 13.0. The number of benzene rings is 3. The van der Waals surface area contributed by atoms with Gasteiger partial charge in [0.05, 0.1) is 23.9 Å². The largest absolute Gasteiger partial charge is 0.497 e. The number of carbonyl (C=O) groups is 1. The number of amides is 1. The molecule has 174 valence electrons. The molecule has 11 heteroatoms. The summed E-state index contributed by atoms with van der Waals surface area (Å²) >= 11 is 0. The van der Waals surface area contributed by atoms with Crippen LogP contribution >= 0.6 is 0 Å². The van der Waals surface area contributed by atoms with Crippen LogP contribution < -0.4 is 19.5 Å². The Morgan fingerprint density at radius 2 is 1.42 bits per heavy atom. The first-order valence-electron chi connectivity index (χ1n) is 9.63. The van der Waals surface area contributed by atoms with E-state index >= 15 is 0 Å². The van der Waals surface area contributed by atoms with Crippen molar-refractivity contribution < 1.29 is 26.4 Å². The molecule has 0 aliphatic carbocycles. The average Bonchev–Trinajstić information content (AvgIpc) is 2.75. The summed E-state index contributed by atoms with van der Waals surface area (Å²) in [6.45, 7) is 1.68. The maximum atomic E-state index is 12.6. The first-order chi connectivity index (χ1) is 15.5. The molecule has 3 rings (SSSR count). The molecule has 0 fully saturated rings. The minimum Gasteiger partial charge on any atom is -0.497 e. The van der Waals surface area contributed by atoms with Crippen molar-refractivity contribution in [2.75, 3.05) is 28.1 Å². The Morgan fingerprint density at radius 1 is 0.818 bits per heavy atom. The predicted octanol–water partition coefficient (Wildman–Crippen LogP) is 3.43. The van der Waals surface area contributed by atoms with Gasteiger partial charge in [0, 0.05) is 16.9 Å². The fourth-order valence-corrected chi connectivity index (χ4v) is 4.60. The molecule has 0 aliphatic heterocycles. The SMILES string of the molecule is COc1ccc(NS(=O)(=O)c2ccc(NC(=O)c3ccc(NS(C)(=O)=O)c(C)c3)cc2)cc1. The van der Waals surface area contributed by atoms with E-state index in [4.69, 9.17) is 4.74 Å². The minimum atomic E-state index is -3.82. The number of sulfonamides is 2. The van der Waals surface area contributed by atoms with Crippen LogP contribution in [0.5, 0.6) is 5.75 Å². The number of hydrogen-bond donors (Lipinski definition) is 3. The number of carbonyl (C=O) groups excluding carboxylic acids is 1. The van der Waals surface area contributed by atoms with E-state index in [-0.39, 0.29) is 4.90 Å². The average molecular weight is 490 g/mol. The minimum absolute atomic E-state index is 0.0309. The van der Waals surface area contributed by atoms with Gasteiger partial charge in [-0.05, 0) is 79.2 Å². The number of aryl methyl sites for hydroxylation is 1. The normalized spacial score (nSPS) is 11.5. The van der Waals surface area contributed by atoms with Crippen molar-refractivity contribution in [3.63, 3.8) is 0 Å². The number of anilines is 3. The highest BCUT2D eigenvalue weighted by molar-refractivity contribution is 7.92. The molecule has 33 heavy (non-hydrogen) atoms. The second kappa shape index (κ2) is 9.51. The molecule has 3 aromatic rings. The zero-order valence-corrected chi connectivity index (χ0v) is 19.7. The quantitative estimate of drug-likeness (QED) is 0.444. The van der Waals surface area contributed by atoms with E-state index in [2.05, 4.69) is 14.8 Å². The molecule has 0 aromatic heterocycles. The van der Waals surface area contributed by atoms with Gasteiger partial charge in [0.25, 0.3) is 15.9 Å². The van der Waals surface area contributed by atoms with Gasteiger partial charge in [-0.2, -0.15) is 0 Å². The maximum Gasteiger partial charge on any atom is 0.261 e. The summed E-state index contributed by atoms with van der Waals surface area (Å²) in [5.74, 6) is 0.186. The van der Waals surface area contributed by atoms with Crippen LogP contribution in [0.4, 0.5) is 17.1 Å². The molecule has 0 atom stereocenters. The molecule has 0 spiro atoms. The smallest absolute Gasteiger partial charge is 0.261 e. The Balaban J connectivity index is 1.69. The number of hydrogen-bond acceptors (Lipinski definition) is 6. The number of nitrogens with one attached hydrogen (secondary N) is 3. The maximum absolute atomic E-state index is 12.6. The van der Waals surface area contributed by atoms with Crippen molar-refractivity contribution in [1.82, 2.24) is 0 Å². The van der Waals surface area contributed by atoms with E-state index in [0.29, 0.717) is 33.9 Å². The monoisotopic (exact) mass is 489 g/mol. The molecule has 0 heterocycles. The van der Waals surface area contributed by atoms with Crippen molar-refractivity contribution in [2.24, 2.45) is 0 Å². The zero-order chi connectivity index (χ0) is 24.2. The van der Waals surface area contributed by atoms with E-state index in [9.17, 15) is 21.6 Å². The topological polar surface area (TPSA) is 131 Å². The van der Waals surface area contributed by atoms with E-state index in [1.54, 1.807) is 37.3 Å². The van der Waals surface area contributed by atoms with Crippen molar-refractivity contribution >= 4 is 43.0 Å². The molecular formula is C22H23N3O6S2. The van der Waals surface area contributed by atoms with Crippen molar-refractivity contribution in [3.05, 3.63) is 77.9 Å². The number of methoxy groups -OCH3 is 1. The Bertz CT molecular complexity index is 1370. The third-order valence-electron chi connectivity index (χ3n) is 4.55. The van der Waals surface area contributed by atoms with E-state index < -0.39 is 26.0 Å². The van der Waals surface area contributed by atoms with Crippen LogP contribution in [0.25, 0.3) is 0 Å². The number of ether oxygens (including phenoxy) is 1.